The highest BCUT2D eigenvalue weighted by atomic mass is 35.5. The van der Waals surface area contributed by atoms with Crippen molar-refractivity contribution in [3.8, 4) is 11.5 Å². The number of carbonyl (C=O) groups is 1. The Bertz CT molecular complexity index is 1140. The number of amides is 1. The summed E-state index contributed by atoms with van der Waals surface area (Å²) in [5, 5.41) is 3.66. The predicted molar refractivity (Wildman–Crippen MR) is 109 cm³/mol. The third kappa shape index (κ3) is 3.54. The first kappa shape index (κ1) is 17.6. The molecule has 1 amide bonds. The average Bonchev–Trinajstić information content (AvgIpc) is 3.07. The van der Waals surface area contributed by atoms with E-state index in [-0.39, 0.29) is 5.91 Å². The Hall–Kier alpha value is -2.82. The molecule has 0 radical (unpaired) electrons. The molecular weight excluding hydrogens is 383 g/mol. The van der Waals surface area contributed by atoms with E-state index in [1.165, 1.54) is 0 Å². The molecule has 0 bridgehead atoms. The van der Waals surface area contributed by atoms with Crippen LogP contribution < -0.4 is 5.32 Å². The summed E-state index contributed by atoms with van der Waals surface area (Å²) in [6.45, 7) is 1.91. The zero-order valence-electron chi connectivity index (χ0n) is 14.3. The summed E-state index contributed by atoms with van der Waals surface area (Å²) in [6.07, 6.45) is 0. The molecule has 0 aliphatic carbocycles. The highest BCUT2D eigenvalue weighted by Gasteiger charge is 2.14. The van der Waals surface area contributed by atoms with Gasteiger partial charge in [-0.05, 0) is 61.0 Å². The van der Waals surface area contributed by atoms with Gasteiger partial charge in [-0.2, -0.15) is 0 Å². The maximum absolute atomic E-state index is 12.5. The number of benzene rings is 3. The number of anilines is 1. The van der Waals surface area contributed by atoms with Crippen molar-refractivity contribution < 1.29 is 9.21 Å². The van der Waals surface area contributed by atoms with E-state index in [0.717, 1.165) is 22.2 Å². The lowest BCUT2D eigenvalue weighted by Crippen LogP contribution is -2.13. The number of hydrogen-bond donors (Lipinski definition) is 1. The molecule has 0 saturated carbocycles. The van der Waals surface area contributed by atoms with Crippen LogP contribution >= 0.6 is 23.2 Å². The van der Waals surface area contributed by atoms with Crippen molar-refractivity contribution in [3.05, 3.63) is 81.8 Å². The van der Waals surface area contributed by atoms with Crippen molar-refractivity contribution in [3.63, 3.8) is 0 Å². The zero-order chi connectivity index (χ0) is 19.0. The molecule has 1 heterocycles. The Labute approximate surface area is 165 Å². The van der Waals surface area contributed by atoms with E-state index in [0.29, 0.717) is 27.2 Å². The Kier molecular flexibility index (Phi) is 4.60. The van der Waals surface area contributed by atoms with Gasteiger partial charge in [0.2, 0.25) is 5.89 Å². The number of fused-ring (bicyclic) bond motifs is 1. The van der Waals surface area contributed by atoms with Crippen LogP contribution in [0.1, 0.15) is 15.9 Å². The minimum absolute atomic E-state index is 0.297. The van der Waals surface area contributed by atoms with E-state index in [1.807, 2.05) is 49.4 Å². The Morgan fingerprint density at radius 1 is 1.04 bits per heavy atom. The molecular formula is C21H14Cl2N2O2. The van der Waals surface area contributed by atoms with Gasteiger partial charge in [0.25, 0.3) is 5.91 Å². The molecule has 3 aromatic carbocycles. The number of halogens is 2. The van der Waals surface area contributed by atoms with Crippen LogP contribution in [-0.2, 0) is 0 Å². The highest BCUT2D eigenvalue weighted by Crippen LogP contribution is 2.28. The van der Waals surface area contributed by atoms with E-state index >= 15 is 0 Å². The molecule has 1 N–H and O–H groups in total. The first-order valence-electron chi connectivity index (χ1n) is 8.24. The van der Waals surface area contributed by atoms with Crippen molar-refractivity contribution in [1.29, 1.82) is 0 Å². The smallest absolute Gasteiger partial charge is 0.257 e. The fourth-order valence-corrected chi connectivity index (χ4v) is 3.29. The highest BCUT2D eigenvalue weighted by molar-refractivity contribution is 6.37. The van der Waals surface area contributed by atoms with Crippen molar-refractivity contribution in [1.82, 2.24) is 4.98 Å². The Morgan fingerprint density at radius 2 is 1.85 bits per heavy atom. The lowest BCUT2D eigenvalue weighted by Gasteiger charge is -2.10. The summed E-state index contributed by atoms with van der Waals surface area (Å²) in [7, 11) is 0. The van der Waals surface area contributed by atoms with Crippen molar-refractivity contribution in [2.24, 2.45) is 0 Å². The molecule has 0 unspecified atom stereocenters. The van der Waals surface area contributed by atoms with Gasteiger partial charge in [0.1, 0.15) is 5.52 Å². The number of rotatable bonds is 3. The molecule has 0 atom stereocenters. The van der Waals surface area contributed by atoms with E-state index in [1.54, 1.807) is 18.2 Å². The van der Waals surface area contributed by atoms with Gasteiger partial charge in [-0.1, -0.05) is 35.3 Å². The molecule has 0 saturated heterocycles. The summed E-state index contributed by atoms with van der Waals surface area (Å²) in [6, 6.07) is 18.0. The molecule has 4 aromatic rings. The maximum Gasteiger partial charge on any atom is 0.257 e. The van der Waals surface area contributed by atoms with Crippen LogP contribution in [0.2, 0.25) is 10.0 Å². The topological polar surface area (TPSA) is 55.1 Å². The SMILES string of the molecule is Cc1cc(-c2nc3ccccc3o2)ccc1NC(=O)c1ccc(Cl)cc1Cl. The van der Waals surface area contributed by atoms with Crippen molar-refractivity contribution in [2.45, 2.75) is 6.92 Å². The standard InChI is InChI=1S/C21H14Cl2N2O2/c1-12-10-13(21-25-18-4-2-3-5-19(18)27-21)6-9-17(12)24-20(26)15-8-7-14(22)11-16(15)23/h2-11H,1H3,(H,24,26). The third-order valence-electron chi connectivity index (χ3n) is 4.19. The van der Waals surface area contributed by atoms with Gasteiger partial charge in [-0.3, -0.25) is 4.79 Å². The number of hydrogen-bond acceptors (Lipinski definition) is 3. The summed E-state index contributed by atoms with van der Waals surface area (Å²) < 4.78 is 5.80. The molecule has 0 spiro atoms. The molecule has 134 valence electrons. The lowest BCUT2D eigenvalue weighted by molar-refractivity contribution is 0.102. The van der Waals surface area contributed by atoms with Gasteiger partial charge < -0.3 is 9.73 Å². The van der Waals surface area contributed by atoms with Crippen LogP contribution in [0, 0.1) is 6.92 Å². The number of para-hydroxylation sites is 2. The third-order valence-corrected chi connectivity index (χ3v) is 4.74. The lowest BCUT2D eigenvalue weighted by atomic mass is 10.1. The molecule has 27 heavy (non-hydrogen) atoms. The van der Waals surface area contributed by atoms with Gasteiger partial charge in [0.15, 0.2) is 5.58 Å². The summed E-state index contributed by atoms with van der Waals surface area (Å²) in [4.78, 5) is 17.0. The van der Waals surface area contributed by atoms with Crippen LogP contribution in [0.4, 0.5) is 5.69 Å². The monoisotopic (exact) mass is 396 g/mol. The summed E-state index contributed by atoms with van der Waals surface area (Å²) in [5.41, 5.74) is 4.31. The van der Waals surface area contributed by atoms with E-state index < -0.39 is 0 Å². The molecule has 0 aliphatic heterocycles. The van der Waals surface area contributed by atoms with Crippen LogP contribution in [0.3, 0.4) is 0 Å². The second-order valence-corrected chi connectivity index (χ2v) is 6.94. The van der Waals surface area contributed by atoms with Crippen LogP contribution in [-0.4, -0.2) is 10.9 Å². The molecule has 4 rings (SSSR count). The fraction of sp³-hybridized carbons (Fsp3) is 0.0476. The second-order valence-electron chi connectivity index (χ2n) is 6.09. The normalized spacial score (nSPS) is 10.9. The van der Waals surface area contributed by atoms with Gasteiger partial charge in [-0.15, -0.1) is 0 Å². The van der Waals surface area contributed by atoms with Gasteiger partial charge in [0.05, 0.1) is 10.6 Å². The van der Waals surface area contributed by atoms with Gasteiger partial charge in [0, 0.05) is 16.3 Å². The van der Waals surface area contributed by atoms with Crippen LogP contribution in [0.25, 0.3) is 22.6 Å². The van der Waals surface area contributed by atoms with Gasteiger partial charge in [-0.25, -0.2) is 4.98 Å². The van der Waals surface area contributed by atoms with Crippen LogP contribution in [0.15, 0.2) is 65.1 Å². The summed E-state index contributed by atoms with van der Waals surface area (Å²) in [5.74, 6) is 0.243. The molecule has 0 fully saturated rings. The first-order chi connectivity index (χ1) is 13.0. The molecule has 6 heteroatoms. The first-order valence-corrected chi connectivity index (χ1v) is 9.00. The minimum atomic E-state index is -0.297. The largest absolute Gasteiger partial charge is 0.436 e. The van der Waals surface area contributed by atoms with E-state index in [9.17, 15) is 4.79 Å². The van der Waals surface area contributed by atoms with Gasteiger partial charge >= 0.3 is 0 Å². The number of oxazole rings is 1. The van der Waals surface area contributed by atoms with Crippen LogP contribution in [0.5, 0.6) is 0 Å². The Morgan fingerprint density at radius 3 is 2.59 bits per heavy atom. The predicted octanol–water partition coefficient (Wildman–Crippen LogP) is 6.36. The molecule has 0 aliphatic rings. The second kappa shape index (κ2) is 7.06. The number of nitrogens with zero attached hydrogens (tertiary/aromatic N) is 1. The zero-order valence-corrected chi connectivity index (χ0v) is 15.8. The van der Waals surface area contributed by atoms with Crippen molar-refractivity contribution >= 4 is 45.9 Å². The van der Waals surface area contributed by atoms with Crippen molar-refractivity contribution in [2.75, 3.05) is 5.32 Å². The number of carbonyl (C=O) groups excluding carboxylic acids is 1. The van der Waals surface area contributed by atoms with E-state index in [2.05, 4.69) is 10.3 Å². The number of aromatic nitrogens is 1. The number of nitrogens with one attached hydrogen (secondary N) is 1. The quantitative estimate of drug-likeness (QED) is 0.438. The Balaban J connectivity index is 1.60. The number of aryl methyl sites for hydroxylation is 1. The fourth-order valence-electron chi connectivity index (χ4n) is 2.80. The molecule has 1 aromatic heterocycles. The average molecular weight is 397 g/mol. The summed E-state index contributed by atoms with van der Waals surface area (Å²) >= 11 is 12.0. The van der Waals surface area contributed by atoms with E-state index in [4.69, 9.17) is 27.6 Å². The maximum atomic E-state index is 12.5. The molecule has 4 nitrogen and oxygen atoms in total. The minimum Gasteiger partial charge on any atom is -0.436 e.